The van der Waals surface area contributed by atoms with Crippen molar-refractivity contribution in [2.24, 2.45) is 5.92 Å². The van der Waals surface area contributed by atoms with Crippen molar-refractivity contribution >= 4 is 11.8 Å². The molecule has 112 valence electrons. The normalized spacial score (nSPS) is 24.2. The zero-order valence-corrected chi connectivity index (χ0v) is 12.4. The number of rotatable bonds is 5. The minimum atomic E-state index is -0.153. The van der Waals surface area contributed by atoms with Crippen molar-refractivity contribution < 1.29 is 9.59 Å². The number of nitrogens with zero attached hydrogens (tertiary/aromatic N) is 3. The summed E-state index contributed by atoms with van der Waals surface area (Å²) in [7, 11) is 0. The van der Waals surface area contributed by atoms with Gasteiger partial charge in [-0.2, -0.15) is 0 Å². The molecule has 1 unspecified atom stereocenters. The van der Waals surface area contributed by atoms with Crippen LogP contribution in [0.25, 0.3) is 0 Å². The molecule has 2 heterocycles. The van der Waals surface area contributed by atoms with Crippen LogP contribution < -0.4 is 0 Å². The van der Waals surface area contributed by atoms with Crippen LogP contribution in [0.2, 0.25) is 0 Å². The van der Waals surface area contributed by atoms with Crippen LogP contribution in [0, 0.1) is 5.92 Å². The summed E-state index contributed by atoms with van der Waals surface area (Å²) in [5.74, 6) is 0.0779. The monoisotopic (exact) mass is 279 g/mol. The second-order valence-corrected chi connectivity index (χ2v) is 5.66. The van der Waals surface area contributed by atoms with E-state index in [1.165, 1.54) is 0 Å². The molecule has 0 aromatic heterocycles. The lowest BCUT2D eigenvalue weighted by Crippen LogP contribution is -2.50. The predicted molar refractivity (Wildman–Crippen MR) is 78.2 cm³/mol. The average molecular weight is 279 g/mol. The number of likely N-dealkylation sites (tertiary alicyclic amines) is 1. The molecular formula is C15H25N3O2. The molecule has 2 aliphatic heterocycles. The second kappa shape index (κ2) is 6.88. The van der Waals surface area contributed by atoms with Gasteiger partial charge < -0.3 is 9.80 Å². The Balaban J connectivity index is 1.84. The molecule has 2 amide bonds. The highest BCUT2D eigenvalue weighted by Crippen LogP contribution is 2.20. The Morgan fingerprint density at radius 1 is 1.35 bits per heavy atom. The summed E-state index contributed by atoms with van der Waals surface area (Å²) >= 11 is 0. The fraction of sp³-hybridized carbons (Fsp3) is 0.733. The minimum absolute atomic E-state index is 0.0767. The van der Waals surface area contributed by atoms with E-state index in [2.05, 4.69) is 18.4 Å². The van der Waals surface area contributed by atoms with Crippen molar-refractivity contribution in [2.45, 2.75) is 19.8 Å². The molecule has 1 atom stereocenters. The Labute approximate surface area is 121 Å². The van der Waals surface area contributed by atoms with E-state index in [9.17, 15) is 9.59 Å². The lowest BCUT2D eigenvalue weighted by molar-refractivity contribution is -0.137. The van der Waals surface area contributed by atoms with Crippen LogP contribution in [0.5, 0.6) is 0 Å². The molecule has 5 nitrogen and oxygen atoms in total. The largest absolute Gasteiger partial charge is 0.340 e. The Kier molecular flexibility index (Phi) is 5.17. The van der Waals surface area contributed by atoms with Gasteiger partial charge in [-0.05, 0) is 13.0 Å². The fourth-order valence-corrected chi connectivity index (χ4v) is 3.04. The summed E-state index contributed by atoms with van der Waals surface area (Å²) in [6.07, 6.45) is 3.23. The molecule has 0 bridgehead atoms. The lowest BCUT2D eigenvalue weighted by atomic mass is 10.1. The van der Waals surface area contributed by atoms with Crippen LogP contribution in [-0.2, 0) is 9.59 Å². The predicted octanol–water partition coefficient (Wildman–Crippen LogP) is 0.575. The zero-order chi connectivity index (χ0) is 14.5. The van der Waals surface area contributed by atoms with E-state index < -0.39 is 0 Å². The minimum Gasteiger partial charge on any atom is -0.340 e. The molecule has 2 rings (SSSR count). The summed E-state index contributed by atoms with van der Waals surface area (Å²) in [6, 6.07) is 0. The van der Waals surface area contributed by atoms with Gasteiger partial charge in [0.25, 0.3) is 0 Å². The van der Waals surface area contributed by atoms with Crippen LogP contribution in [0.15, 0.2) is 12.7 Å². The van der Waals surface area contributed by atoms with E-state index >= 15 is 0 Å². The Bertz CT molecular complexity index is 375. The lowest BCUT2D eigenvalue weighted by Gasteiger charge is -2.35. The highest BCUT2D eigenvalue weighted by atomic mass is 16.2. The Morgan fingerprint density at radius 3 is 2.65 bits per heavy atom. The molecule has 2 aliphatic rings. The van der Waals surface area contributed by atoms with E-state index in [1.807, 2.05) is 4.90 Å². The first-order chi connectivity index (χ1) is 9.65. The smallest absolute Gasteiger partial charge is 0.228 e. The highest BCUT2D eigenvalue weighted by molar-refractivity contribution is 5.89. The van der Waals surface area contributed by atoms with E-state index in [-0.39, 0.29) is 17.7 Å². The van der Waals surface area contributed by atoms with Gasteiger partial charge in [0.05, 0.1) is 5.92 Å². The van der Waals surface area contributed by atoms with E-state index in [0.717, 1.165) is 39.1 Å². The molecule has 0 radical (unpaired) electrons. The molecule has 2 saturated heterocycles. The van der Waals surface area contributed by atoms with Gasteiger partial charge in [0.2, 0.25) is 11.8 Å². The zero-order valence-electron chi connectivity index (χ0n) is 12.4. The van der Waals surface area contributed by atoms with Crippen LogP contribution in [0.4, 0.5) is 0 Å². The maximum Gasteiger partial charge on any atom is 0.228 e. The van der Waals surface area contributed by atoms with E-state index in [0.29, 0.717) is 19.5 Å². The van der Waals surface area contributed by atoms with Crippen LogP contribution in [0.1, 0.15) is 19.8 Å². The first kappa shape index (κ1) is 15.0. The van der Waals surface area contributed by atoms with Crippen molar-refractivity contribution in [3.05, 3.63) is 12.7 Å². The number of piperazine rings is 1. The molecule has 0 N–H and O–H groups in total. The van der Waals surface area contributed by atoms with Crippen LogP contribution >= 0.6 is 0 Å². The SMILES string of the molecule is C=CCN1CC(C(=O)N2CCN(CCC)CC2)CC1=O. The summed E-state index contributed by atoms with van der Waals surface area (Å²) < 4.78 is 0. The topological polar surface area (TPSA) is 43.9 Å². The number of hydrogen-bond donors (Lipinski definition) is 0. The van der Waals surface area contributed by atoms with Gasteiger partial charge in [0, 0.05) is 45.7 Å². The van der Waals surface area contributed by atoms with Crippen molar-refractivity contribution in [1.29, 1.82) is 0 Å². The quantitative estimate of drug-likeness (QED) is 0.691. The van der Waals surface area contributed by atoms with Gasteiger partial charge in [-0.15, -0.1) is 6.58 Å². The number of amides is 2. The summed E-state index contributed by atoms with van der Waals surface area (Å²) in [6.45, 7) is 11.5. The molecule has 0 aromatic carbocycles. The van der Waals surface area contributed by atoms with Crippen molar-refractivity contribution in [1.82, 2.24) is 14.7 Å². The third kappa shape index (κ3) is 3.39. The number of hydrogen-bond acceptors (Lipinski definition) is 3. The van der Waals surface area contributed by atoms with Crippen LogP contribution in [-0.4, -0.2) is 72.3 Å². The number of carbonyl (C=O) groups is 2. The van der Waals surface area contributed by atoms with Gasteiger partial charge in [0.1, 0.15) is 0 Å². The Hall–Kier alpha value is -1.36. The molecule has 0 saturated carbocycles. The van der Waals surface area contributed by atoms with Crippen molar-refractivity contribution in [3.63, 3.8) is 0 Å². The molecule has 0 aromatic rings. The maximum absolute atomic E-state index is 12.5. The van der Waals surface area contributed by atoms with Gasteiger partial charge in [0.15, 0.2) is 0 Å². The first-order valence-electron chi connectivity index (χ1n) is 7.55. The molecule has 2 fully saturated rings. The molecular weight excluding hydrogens is 254 g/mol. The van der Waals surface area contributed by atoms with Gasteiger partial charge >= 0.3 is 0 Å². The molecule has 0 aliphatic carbocycles. The maximum atomic E-state index is 12.5. The third-order valence-corrected chi connectivity index (χ3v) is 4.14. The van der Waals surface area contributed by atoms with Crippen LogP contribution in [0.3, 0.4) is 0 Å². The van der Waals surface area contributed by atoms with Crippen molar-refractivity contribution in [2.75, 3.05) is 45.8 Å². The third-order valence-electron chi connectivity index (χ3n) is 4.14. The highest BCUT2D eigenvalue weighted by Gasteiger charge is 2.36. The number of carbonyl (C=O) groups excluding carboxylic acids is 2. The Morgan fingerprint density at radius 2 is 2.05 bits per heavy atom. The van der Waals surface area contributed by atoms with E-state index in [1.54, 1.807) is 11.0 Å². The van der Waals surface area contributed by atoms with Gasteiger partial charge in [-0.1, -0.05) is 13.0 Å². The molecule has 20 heavy (non-hydrogen) atoms. The summed E-state index contributed by atoms with van der Waals surface area (Å²) in [5.41, 5.74) is 0. The second-order valence-electron chi connectivity index (χ2n) is 5.66. The standard InChI is InChI=1S/C15H25N3O2/c1-3-5-16-7-9-17(10-8-16)15(20)13-11-14(19)18(12-13)6-4-2/h4,13H,2-3,5-12H2,1H3. The van der Waals surface area contributed by atoms with E-state index in [4.69, 9.17) is 0 Å². The van der Waals surface area contributed by atoms with Gasteiger partial charge in [-0.25, -0.2) is 0 Å². The summed E-state index contributed by atoms with van der Waals surface area (Å²) in [5, 5.41) is 0. The fourth-order valence-electron chi connectivity index (χ4n) is 3.04. The average Bonchev–Trinajstić information content (AvgIpc) is 2.81. The summed E-state index contributed by atoms with van der Waals surface area (Å²) in [4.78, 5) is 30.3. The molecule has 5 heteroatoms. The van der Waals surface area contributed by atoms with Crippen molar-refractivity contribution in [3.8, 4) is 0 Å². The first-order valence-corrected chi connectivity index (χ1v) is 7.55. The molecule has 0 spiro atoms. The van der Waals surface area contributed by atoms with Gasteiger partial charge in [-0.3, -0.25) is 14.5 Å².